The molecule has 1 aromatic rings. The van der Waals surface area contributed by atoms with Gasteiger partial charge in [0.1, 0.15) is 0 Å². The van der Waals surface area contributed by atoms with Crippen molar-refractivity contribution in [3.8, 4) is 0 Å². The molecule has 0 amide bonds. The second kappa shape index (κ2) is 3.50. The molecule has 1 aromatic heterocycles. The maximum absolute atomic E-state index is 5.28. The molecule has 0 saturated carbocycles. The first-order valence-corrected chi connectivity index (χ1v) is 4.91. The van der Waals surface area contributed by atoms with Crippen molar-refractivity contribution in [3.63, 3.8) is 0 Å². The molecule has 0 spiro atoms. The van der Waals surface area contributed by atoms with Crippen LogP contribution in [0, 0.1) is 6.92 Å². The summed E-state index contributed by atoms with van der Waals surface area (Å²) in [6.45, 7) is 3.14. The zero-order valence-electron chi connectivity index (χ0n) is 8.29. The van der Waals surface area contributed by atoms with E-state index >= 15 is 0 Å². The largest absolute Gasteiger partial charge is 0.359 e. The average molecular weight is 180 g/mol. The summed E-state index contributed by atoms with van der Waals surface area (Å²) in [5.41, 5.74) is 0.981. The van der Waals surface area contributed by atoms with Crippen molar-refractivity contribution >= 4 is 0 Å². The van der Waals surface area contributed by atoms with Crippen LogP contribution >= 0.6 is 0 Å². The molecule has 2 rings (SSSR count). The molecule has 3 heteroatoms. The Morgan fingerprint density at radius 2 is 2.38 bits per heavy atom. The van der Waals surface area contributed by atoms with E-state index in [0.29, 0.717) is 6.04 Å². The van der Waals surface area contributed by atoms with Gasteiger partial charge in [-0.05, 0) is 33.4 Å². The molecule has 13 heavy (non-hydrogen) atoms. The van der Waals surface area contributed by atoms with E-state index in [1.807, 2.05) is 13.0 Å². The van der Waals surface area contributed by atoms with Gasteiger partial charge in [0.2, 0.25) is 0 Å². The Morgan fingerprint density at radius 3 is 3.00 bits per heavy atom. The van der Waals surface area contributed by atoms with E-state index in [-0.39, 0.29) is 0 Å². The van der Waals surface area contributed by atoms with Crippen molar-refractivity contribution < 1.29 is 4.52 Å². The molecule has 72 valence electrons. The number of rotatable bonds is 1. The highest BCUT2D eigenvalue weighted by molar-refractivity contribution is 5.08. The normalized spacial score (nSPS) is 24.9. The quantitative estimate of drug-likeness (QED) is 0.663. The first-order valence-electron chi connectivity index (χ1n) is 4.91. The van der Waals surface area contributed by atoms with Crippen molar-refractivity contribution in [1.82, 2.24) is 10.1 Å². The number of likely N-dealkylation sites (tertiary alicyclic amines) is 1. The highest BCUT2D eigenvalue weighted by Crippen LogP contribution is 2.29. The third-order valence-corrected chi connectivity index (χ3v) is 2.75. The standard InChI is InChI=1S/C10H16N2O/c1-8-7-10(13-11-8)9-5-3-4-6-12(9)2/h7,9H,3-6H2,1-2H3/t9-/m1/s1. The second-order valence-corrected chi connectivity index (χ2v) is 3.86. The lowest BCUT2D eigenvalue weighted by Crippen LogP contribution is -2.29. The molecule has 0 unspecified atom stereocenters. The first-order chi connectivity index (χ1) is 6.27. The Balaban J connectivity index is 2.14. The summed E-state index contributed by atoms with van der Waals surface area (Å²) in [7, 11) is 2.15. The monoisotopic (exact) mass is 180 g/mol. The van der Waals surface area contributed by atoms with Crippen LogP contribution in [0.4, 0.5) is 0 Å². The lowest BCUT2D eigenvalue weighted by molar-refractivity contribution is 0.155. The molecule has 1 aliphatic rings. The molecule has 0 bridgehead atoms. The fraction of sp³-hybridized carbons (Fsp3) is 0.700. The van der Waals surface area contributed by atoms with Crippen LogP contribution in [0.2, 0.25) is 0 Å². The lowest BCUT2D eigenvalue weighted by Gasteiger charge is -2.30. The van der Waals surface area contributed by atoms with E-state index in [1.165, 1.54) is 25.8 Å². The Labute approximate surface area is 78.7 Å². The molecule has 1 aliphatic heterocycles. The summed E-state index contributed by atoms with van der Waals surface area (Å²) in [6.07, 6.45) is 3.81. The van der Waals surface area contributed by atoms with Gasteiger partial charge in [0.15, 0.2) is 5.76 Å². The summed E-state index contributed by atoms with van der Waals surface area (Å²) in [6, 6.07) is 2.50. The van der Waals surface area contributed by atoms with Crippen LogP contribution in [0.15, 0.2) is 10.6 Å². The Morgan fingerprint density at radius 1 is 1.54 bits per heavy atom. The van der Waals surface area contributed by atoms with Crippen LogP contribution in [0.1, 0.15) is 36.8 Å². The van der Waals surface area contributed by atoms with Gasteiger partial charge in [-0.2, -0.15) is 0 Å². The first kappa shape index (κ1) is 8.75. The number of aromatic nitrogens is 1. The number of piperidine rings is 1. The molecule has 0 radical (unpaired) electrons. The van der Waals surface area contributed by atoms with Crippen molar-refractivity contribution in [3.05, 3.63) is 17.5 Å². The van der Waals surface area contributed by atoms with E-state index in [2.05, 4.69) is 17.1 Å². The van der Waals surface area contributed by atoms with Crippen molar-refractivity contribution in [2.24, 2.45) is 0 Å². The highest BCUT2D eigenvalue weighted by Gasteiger charge is 2.23. The zero-order chi connectivity index (χ0) is 9.26. The second-order valence-electron chi connectivity index (χ2n) is 3.86. The Bertz CT molecular complexity index is 282. The highest BCUT2D eigenvalue weighted by atomic mass is 16.5. The summed E-state index contributed by atoms with van der Waals surface area (Å²) >= 11 is 0. The maximum atomic E-state index is 5.28. The van der Waals surface area contributed by atoms with Crippen molar-refractivity contribution in [2.75, 3.05) is 13.6 Å². The van der Waals surface area contributed by atoms with Crippen molar-refractivity contribution in [1.29, 1.82) is 0 Å². The van der Waals surface area contributed by atoms with Crippen molar-refractivity contribution in [2.45, 2.75) is 32.2 Å². The molecule has 0 aromatic carbocycles. The van der Waals surface area contributed by atoms with Gasteiger partial charge in [-0.1, -0.05) is 11.6 Å². The van der Waals surface area contributed by atoms with Gasteiger partial charge in [-0.15, -0.1) is 0 Å². The minimum Gasteiger partial charge on any atom is -0.359 e. The van der Waals surface area contributed by atoms with Crippen LogP contribution in [0.3, 0.4) is 0 Å². The van der Waals surface area contributed by atoms with Gasteiger partial charge in [0, 0.05) is 6.07 Å². The summed E-state index contributed by atoms with van der Waals surface area (Å²) in [4.78, 5) is 2.35. The molecule has 1 fully saturated rings. The summed E-state index contributed by atoms with van der Waals surface area (Å²) < 4.78 is 5.28. The van der Waals surface area contributed by atoms with Crippen LogP contribution < -0.4 is 0 Å². The molecule has 1 atom stereocenters. The zero-order valence-corrected chi connectivity index (χ0v) is 8.29. The molecule has 3 nitrogen and oxygen atoms in total. The SMILES string of the molecule is Cc1cc([C@H]2CCCCN2C)on1. The molecule has 1 saturated heterocycles. The van der Waals surface area contributed by atoms with E-state index in [9.17, 15) is 0 Å². The van der Waals surface area contributed by atoms with Gasteiger partial charge >= 0.3 is 0 Å². The third-order valence-electron chi connectivity index (χ3n) is 2.75. The van der Waals surface area contributed by atoms with E-state index in [1.54, 1.807) is 0 Å². The number of aryl methyl sites for hydroxylation is 1. The average Bonchev–Trinajstić information content (AvgIpc) is 2.53. The summed E-state index contributed by atoms with van der Waals surface area (Å²) in [5, 5.41) is 3.92. The number of nitrogens with zero attached hydrogens (tertiary/aromatic N) is 2. The molecule has 0 N–H and O–H groups in total. The smallest absolute Gasteiger partial charge is 0.154 e. The fourth-order valence-corrected chi connectivity index (χ4v) is 1.97. The number of hydrogen-bond donors (Lipinski definition) is 0. The predicted molar refractivity (Wildman–Crippen MR) is 50.5 cm³/mol. The minimum absolute atomic E-state index is 0.454. The molecule has 2 heterocycles. The van der Waals surface area contributed by atoms with Gasteiger partial charge < -0.3 is 4.52 Å². The van der Waals surface area contributed by atoms with Crippen LogP contribution in [-0.4, -0.2) is 23.6 Å². The van der Waals surface area contributed by atoms with Gasteiger partial charge in [-0.3, -0.25) is 4.90 Å². The van der Waals surface area contributed by atoms with Gasteiger partial charge in [-0.25, -0.2) is 0 Å². The third kappa shape index (κ3) is 1.75. The minimum atomic E-state index is 0.454. The predicted octanol–water partition coefficient (Wildman–Crippen LogP) is 2.14. The maximum Gasteiger partial charge on any atom is 0.154 e. The van der Waals surface area contributed by atoms with Crippen LogP contribution in [0.25, 0.3) is 0 Å². The Hall–Kier alpha value is -0.830. The number of hydrogen-bond acceptors (Lipinski definition) is 3. The van der Waals surface area contributed by atoms with E-state index in [0.717, 1.165) is 11.5 Å². The van der Waals surface area contributed by atoms with Gasteiger partial charge in [0.05, 0.1) is 11.7 Å². The molecular formula is C10H16N2O. The molecular weight excluding hydrogens is 164 g/mol. The van der Waals surface area contributed by atoms with E-state index < -0.39 is 0 Å². The summed E-state index contributed by atoms with van der Waals surface area (Å²) in [5.74, 6) is 1.03. The van der Waals surface area contributed by atoms with Gasteiger partial charge in [0.25, 0.3) is 0 Å². The fourth-order valence-electron chi connectivity index (χ4n) is 1.97. The molecule has 0 aliphatic carbocycles. The lowest BCUT2D eigenvalue weighted by atomic mass is 10.0. The van der Waals surface area contributed by atoms with Crippen LogP contribution in [-0.2, 0) is 0 Å². The van der Waals surface area contributed by atoms with Crippen LogP contribution in [0.5, 0.6) is 0 Å². The topological polar surface area (TPSA) is 29.3 Å². The van der Waals surface area contributed by atoms with E-state index in [4.69, 9.17) is 4.52 Å². The Kier molecular flexibility index (Phi) is 2.36.